The third-order valence-corrected chi connectivity index (χ3v) is 6.60. The molecule has 0 radical (unpaired) electrons. The van der Waals surface area contributed by atoms with Crippen LogP contribution in [0.5, 0.6) is 5.75 Å². The molecule has 0 saturated carbocycles. The van der Waals surface area contributed by atoms with Crippen LogP contribution in [0.25, 0.3) is 16.5 Å². The molecule has 1 fully saturated rings. The lowest BCUT2D eigenvalue weighted by atomic mass is 10.0. The first-order chi connectivity index (χ1) is 15.3. The predicted molar refractivity (Wildman–Crippen MR) is 131 cm³/mol. The smallest absolute Gasteiger partial charge is 0.246 e. The van der Waals surface area contributed by atoms with Gasteiger partial charge in [0, 0.05) is 60.0 Å². The van der Waals surface area contributed by atoms with Gasteiger partial charge in [-0.25, -0.2) is 0 Å². The maximum Gasteiger partial charge on any atom is 0.246 e. The summed E-state index contributed by atoms with van der Waals surface area (Å²) in [5.41, 5.74) is 6.02. The molecular formula is C26H29ClN2O3. The first-order valence-corrected chi connectivity index (χ1v) is 11.2. The SMILES string of the molecule is COc1cc2oc(C)c(C)c2cc1/C(C)=C/C(=O)N1CCN(c2cc(Cl)ccc2C)CC1. The number of methoxy groups -OCH3 is 1. The summed E-state index contributed by atoms with van der Waals surface area (Å²) in [6, 6.07) is 9.90. The summed E-state index contributed by atoms with van der Waals surface area (Å²) in [5.74, 6) is 1.62. The number of aryl methyl sites for hydroxylation is 3. The van der Waals surface area contributed by atoms with Gasteiger partial charge in [-0.05, 0) is 62.6 Å². The zero-order valence-corrected chi connectivity index (χ0v) is 20.0. The highest BCUT2D eigenvalue weighted by molar-refractivity contribution is 6.30. The molecule has 2 aromatic carbocycles. The number of nitrogens with zero attached hydrogens (tertiary/aromatic N) is 2. The summed E-state index contributed by atoms with van der Waals surface area (Å²) in [7, 11) is 1.64. The van der Waals surface area contributed by atoms with Crippen LogP contribution >= 0.6 is 11.6 Å². The van der Waals surface area contributed by atoms with E-state index in [9.17, 15) is 4.79 Å². The number of ether oxygens (including phenoxy) is 1. The van der Waals surface area contributed by atoms with E-state index in [4.69, 9.17) is 20.8 Å². The fraction of sp³-hybridized carbons (Fsp3) is 0.346. The number of amides is 1. The van der Waals surface area contributed by atoms with Gasteiger partial charge in [-0.2, -0.15) is 0 Å². The van der Waals surface area contributed by atoms with Crippen molar-refractivity contribution < 1.29 is 13.9 Å². The topological polar surface area (TPSA) is 45.9 Å². The second-order valence-corrected chi connectivity index (χ2v) is 8.84. The number of hydrogen-bond acceptors (Lipinski definition) is 4. The van der Waals surface area contributed by atoms with Crippen molar-refractivity contribution in [3.8, 4) is 5.75 Å². The van der Waals surface area contributed by atoms with Crippen molar-refractivity contribution >= 4 is 39.7 Å². The number of furan rings is 1. The van der Waals surface area contributed by atoms with Gasteiger partial charge in [-0.15, -0.1) is 0 Å². The molecule has 5 nitrogen and oxygen atoms in total. The van der Waals surface area contributed by atoms with Gasteiger partial charge < -0.3 is 19.0 Å². The van der Waals surface area contributed by atoms with Gasteiger partial charge in [-0.1, -0.05) is 17.7 Å². The highest BCUT2D eigenvalue weighted by Crippen LogP contribution is 2.35. The van der Waals surface area contributed by atoms with Crippen LogP contribution in [0, 0.1) is 20.8 Å². The summed E-state index contributed by atoms with van der Waals surface area (Å²) in [6.45, 7) is 10.9. The molecule has 1 saturated heterocycles. The van der Waals surface area contributed by atoms with Crippen LogP contribution < -0.4 is 9.64 Å². The Morgan fingerprint density at radius 1 is 1.09 bits per heavy atom. The average molecular weight is 453 g/mol. The average Bonchev–Trinajstić information content (AvgIpc) is 3.07. The predicted octanol–water partition coefficient (Wildman–Crippen LogP) is 5.77. The van der Waals surface area contributed by atoms with Crippen LogP contribution in [0.15, 0.2) is 40.8 Å². The van der Waals surface area contributed by atoms with Gasteiger partial charge in [0.2, 0.25) is 5.91 Å². The minimum absolute atomic E-state index is 0.0206. The molecule has 6 heteroatoms. The minimum atomic E-state index is 0.0206. The molecule has 0 aliphatic carbocycles. The van der Waals surface area contributed by atoms with E-state index < -0.39 is 0 Å². The number of carbonyl (C=O) groups is 1. The number of allylic oxidation sites excluding steroid dienone is 1. The Morgan fingerprint density at radius 2 is 1.81 bits per heavy atom. The molecule has 0 N–H and O–H groups in total. The van der Waals surface area contributed by atoms with Gasteiger partial charge in [0.15, 0.2) is 0 Å². The summed E-state index contributed by atoms with van der Waals surface area (Å²) in [5, 5.41) is 1.78. The lowest BCUT2D eigenvalue weighted by Crippen LogP contribution is -2.48. The Hall–Kier alpha value is -2.92. The van der Waals surface area contributed by atoms with Crippen molar-refractivity contribution in [3.05, 3.63) is 63.9 Å². The van der Waals surface area contributed by atoms with Crippen LogP contribution in [0.2, 0.25) is 5.02 Å². The van der Waals surface area contributed by atoms with Crippen LogP contribution in [0.4, 0.5) is 5.69 Å². The van der Waals surface area contributed by atoms with Gasteiger partial charge in [-0.3, -0.25) is 4.79 Å². The largest absolute Gasteiger partial charge is 0.496 e. The van der Waals surface area contributed by atoms with E-state index in [-0.39, 0.29) is 5.91 Å². The Kier molecular flexibility index (Phi) is 6.20. The van der Waals surface area contributed by atoms with E-state index in [0.29, 0.717) is 18.8 Å². The van der Waals surface area contributed by atoms with Crippen molar-refractivity contribution in [2.45, 2.75) is 27.7 Å². The Morgan fingerprint density at radius 3 is 2.50 bits per heavy atom. The number of piperazine rings is 1. The lowest BCUT2D eigenvalue weighted by Gasteiger charge is -2.36. The van der Waals surface area contributed by atoms with Crippen LogP contribution in [0.3, 0.4) is 0 Å². The molecule has 1 aliphatic heterocycles. The molecule has 0 unspecified atom stereocenters. The summed E-state index contributed by atoms with van der Waals surface area (Å²) in [4.78, 5) is 17.2. The number of halogens is 1. The molecular weight excluding hydrogens is 424 g/mol. The molecule has 2 heterocycles. The molecule has 0 spiro atoms. The Balaban J connectivity index is 1.52. The molecule has 168 valence electrons. The molecule has 1 aliphatic rings. The summed E-state index contributed by atoms with van der Waals surface area (Å²) >= 11 is 6.19. The molecule has 3 aromatic rings. The molecule has 1 aromatic heterocycles. The quantitative estimate of drug-likeness (QED) is 0.471. The monoisotopic (exact) mass is 452 g/mol. The number of anilines is 1. The van der Waals surface area contributed by atoms with Gasteiger partial charge >= 0.3 is 0 Å². The lowest BCUT2D eigenvalue weighted by molar-refractivity contribution is -0.126. The normalized spacial score (nSPS) is 14.9. The van der Waals surface area contributed by atoms with E-state index in [1.54, 1.807) is 13.2 Å². The molecule has 4 rings (SSSR count). The van der Waals surface area contributed by atoms with Crippen molar-refractivity contribution in [1.82, 2.24) is 4.90 Å². The van der Waals surface area contributed by atoms with E-state index in [0.717, 1.165) is 57.2 Å². The van der Waals surface area contributed by atoms with Crippen molar-refractivity contribution in [2.24, 2.45) is 0 Å². The van der Waals surface area contributed by atoms with E-state index in [2.05, 4.69) is 17.9 Å². The first-order valence-electron chi connectivity index (χ1n) is 10.8. The first kappa shape index (κ1) is 22.3. The maximum atomic E-state index is 13.0. The van der Waals surface area contributed by atoms with Crippen LogP contribution in [0.1, 0.15) is 29.4 Å². The molecule has 1 amide bonds. The number of benzene rings is 2. The van der Waals surface area contributed by atoms with Gasteiger partial charge in [0.25, 0.3) is 0 Å². The number of carbonyl (C=O) groups excluding carboxylic acids is 1. The highest BCUT2D eigenvalue weighted by atomic mass is 35.5. The fourth-order valence-corrected chi connectivity index (χ4v) is 4.46. The zero-order chi connectivity index (χ0) is 23.0. The molecule has 0 atom stereocenters. The van der Waals surface area contributed by atoms with Crippen LogP contribution in [-0.2, 0) is 4.79 Å². The zero-order valence-electron chi connectivity index (χ0n) is 19.3. The van der Waals surface area contributed by atoms with E-state index in [1.165, 1.54) is 5.56 Å². The fourth-order valence-electron chi connectivity index (χ4n) is 4.29. The minimum Gasteiger partial charge on any atom is -0.496 e. The van der Waals surface area contributed by atoms with Crippen molar-refractivity contribution in [3.63, 3.8) is 0 Å². The van der Waals surface area contributed by atoms with E-state index >= 15 is 0 Å². The summed E-state index contributed by atoms with van der Waals surface area (Å²) < 4.78 is 11.4. The van der Waals surface area contributed by atoms with Crippen molar-refractivity contribution in [2.75, 3.05) is 38.2 Å². The van der Waals surface area contributed by atoms with E-state index in [1.807, 2.05) is 49.9 Å². The maximum absolute atomic E-state index is 13.0. The van der Waals surface area contributed by atoms with Gasteiger partial charge in [0.1, 0.15) is 17.1 Å². The van der Waals surface area contributed by atoms with Crippen LogP contribution in [-0.4, -0.2) is 44.1 Å². The number of rotatable bonds is 4. The van der Waals surface area contributed by atoms with Gasteiger partial charge in [0.05, 0.1) is 7.11 Å². The third-order valence-electron chi connectivity index (χ3n) is 6.36. The number of hydrogen-bond donors (Lipinski definition) is 0. The number of fused-ring (bicyclic) bond motifs is 1. The Labute approximate surface area is 194 Å². The second kappa shape index (κ2) is 8.91. The molecule has 0 bridgehead atoms. The van der Waals surface area contributed by atoms with Crippen molar-refractivity contribution in [1.29, 1.82) is 0 Å². The molecule has 32 heavy (non-hydrogen) atoms. The highest BCUT2D eigenvalue weighted by Gasteiger charge is 2.22. The Bertz CT molecular complexity index is 1200. The third kappa shape index (κ3) is 4.22. The standard InChI is InChI=1S/C26H29ClN2O3/c1-16-6-7-20(27)13-23(16)28-8-10-29(11-9-28)26(30)12-17(2)21-14-22-18(3)19(4)32-25(22)15-24(21)31-5/h6-7,12-15H,8-11H2,1-5H3/b17-12+. The second-order valence-electron chi connectivity index (χ2n) is 8.40. The summed E-state index contributed by atoms with van der Waals surface area (Å²) in [6.07, 6.45) is 1.71.